The SMILES string of the molecule is COC(=O)C(C)=CCNC(C)C1CCC1. The lowest BCUT2D eigenvalue weighted by molar-refractivity contribution is -0.136. The Morgan fingerprint density at radius 3 is 2.73 bits per heavy atom. The molecule has 1 unspecified atom stereocenters. The Balaban J connectivity index is 2.21. The summed E-state index contributed by atoms with van der Waals surface area (Å²) in [5, 5.41) is 3.41. The Labute approximate surface area is 91.9 Å². The summed E-state index contributed by atoms with van der Waals surface area (Å²) in [7, 11) is 1.41. The first-order valence-corrected chi connectivity index (χ1v) is 5.63. The maximum atomic E-state index is 11.1. The Morgan fingerprint density at radius 2 is 2.27 bits per heavy atom. The van der Waals surface area contributed by atoms with Crippen molar-refractivity contribution in [3.8, 4) is 0 Å². The van der Waals surface area contributed by atoms with Crippen LogP contribution in [-0.2, 0) is 9.53 Å². The van der Waals surface area contributed by atoms with Gasteiger partial charge in [0.2, 0.25) is 0 Å². The molecule has 1 fully saturated rings. The van der Waals surface area contributed by atoms with Gasteiger partial charge in [-0.1, -0.05) is 12.5 Å². The number of carbonyl (C=O) groups is 1. The van der Waals surface area contributed by atoms with Gasteiger partial charge in [-0.25, -0.2) is 4.79 Å². The van der Waals surface area contributed by atoms with Crippen molar-refractivity contribution in [3.63, 3.8) is 0 Å². The van der Waals surface area contributed by atoms with E-state index in [0.29, 0.717) is 11.6 Å². The first-order valence-electron chi connectivity index (χ1n) is 5.63. The van der Waals surface area contributed by atoms with Crippen LogP contribution >= 0.6 is 0 Å². The molecule has 0 heterocycles. The van der Waals surface area contributed by atoms with E-state index < -0.39 is 0 Å². The van der Waals surface area contributed by atoms with Gasteiger partial charge in [0, 0.05) is 18.2 Å². The molecule has 0 radical (unpaired) electrons. The van der Waals surface area contributed by atoms with E-state index in [-0.39, 0.29) is 5.97 Å². The van der Waals surface area contributed by atoms with Crippen molar-refractivity contribution in [1.82, 2.24) is 5.32 Å². The monoisotopic (exact) mass is 211 g/mol. The molecule has 0 aromatic heterocycles. The first kappa shape index (κ1) is 12.2. The molecule has 1 N–H and O–H groups in total. The van der Waals surface area contributed by atoms with E-state index in [1.54, 1.807) is 6.92 Å². The van der Waals surface area contributed by atoms with Crippen LogP contribution in [0.25, 0.3) is 0 Å². The fourth-order valence-corrected chi connectivity index (χ4v) is 1.75. The number of hydrogen-bond acceptors (Lipinski definition) is 3. The van der Waals surface area contributed by atoms with E-state index in [1.165, 1.54) is 26.4 Å². The average molecular weight is 211 g/mol. The van der Waals surface area contributed by atoms with Crippen molar-refractivity contribution in [3.05, 3.63) is 11.6 Å². The van der Waals surface area contributed by atoms with Crippen LogP contribution in [-0.4, -0.2) is 25.7 Å². The number of esters is 1. The highest BCUT2D eigenvalue weighted by Gasteiger charge is 2.22. The van der Waals surface area contributed by atoms with Crippen LogP contribution in [0.4, 0.5) is 0 Å². The maximum absolute atomic E-state index is 11.1. The van der Waals surface area contributed by atoms with Crippen molar-refractivity contribution < 1.29 is 9.53 Å². The molecule has 0 aliphatic heterocycles. The van der Waals surface area contributed by atoms with Gasteiger partial charge in [0.25, 0.3) is 0 Å². The van der Waals surface area contributed by atoms with E-state index in [0.717, 1.165) is 12.5 Å². The standard InChI is InChI=1S/C12H21NO2/c1-9(12(14)15-3)7-8-13-10(2)11-5-4-6-11/h7,10-11,13H,4-6,8H2,1-3H3. The Bertz CT molecular complexity index is 244. The molecule has 86 valence electrons. The molecule has 15 heavy (non-hydrogen) atoms. The van der Waals surface area contributed by atoms with Crippen molar-refractivity contribution in [2.24, 2.45) is 5.92 Å². The fourth-order valence-electron chi connectivity index (χ4n) is 1.75. The first-order chi connectivity index (χ1) is 7.15. The molecule has 0 aromatic rings. The van der Waals surface area contributed by atoms with Crippen LogP contribution in [0, 0.1) is 5.92 Å². The molecule has 1 aliphatic rings. The minimum Gasteiger partial charge on any atom is -0.466 e. The summed E-state index contributed by atoms with van der Waals surface area (Å²) < 4.78 is 4.61. The van der Waals surface area contributed by atoms with E-state index in [1.807, 2.05) is 6.08 Å². The Hall–Kier alpha value is -0.830. The summed E-state index contributed by atoms with van der Waals surface area (Å²) in [6.07, 6.45) is 5.94. The second kappa shape index (κ2) is 5.91. The molecular weight excluding hydrogens is 190 g/mol. The normalized spacial score (nSPS) is 19.5. The van der Waals surface area contributed by atoms with Gasteiger partial charge in [-0.05, 0) is 32.6 Å². The molecular formula is C12H21NO2. The fraction of sp³-hybridized carbons (Fsp3) is 0.750. The summed E-state index contributed by atoms with van der Waals surface area (Å²) in [5.74, 6) is 0.588. The molecule has 1 aliphatic carbocycles. The van der Waals surface area contributed by atoms with E-state index >= 15 is 0 Å². The van der Waals surface area contributed by atoms with Crippen LogP contribution in [0.3, 0.4) is 0 Å². The summed E-state index contributed by atoms with van der Waals surface area (Å²) in [6, 6.07) is 0.556. The number of rotatable bonds is 5. The summed E-state index contributed by atoms with van der Waals surface area (Å²) in [4.78, 5) is 11.1. The highest BCUT2D eigenvalue weighted by molar-refractivity contribution is 5.87. The third-order valence-electron chi connectivity index (χ3n) is 3.21. The lowest BCUT2D eigenvalue weighted by Gasteiger charge is -2.31. The topological polar surface area (TPSA) is 38.3 Å². The average Bonchev–Trinajstić information content (AvgIpc) is 2.13. The molecule has 3 nitrogen and oxygen atoms in total. The maximum Gasteiger partial charge on any atom is 0.333 e. The minimum atomic E-state index is -0.243. The number of ether oxygens (including phenoxy) is 1. The zero-order valence-corrected chi connectivity index (χ0v) is 9.88. The molecule has 1 rings (SSSR count). The second-order valence-corrected chi connectivity index (χ2v) is 4.27. The van der Waals surface area contributed by atoms with Gasteiger partial charge in [-0.2, -0.15) is 0 Å². The smallest absolute Gasteiger partial charge is 0.333 e. The second-order valence-electron chi connectivity index (χ2n) is 4.27. The lowest BCUT2D eigenvalue weighted by atomic mass is 9.80. The van der Waals surface area contributed by atoms with Gasteiger partial charge in [-0.15, -0.1) is 0 Å². The van der Waals surface area contributed by atoms with Crippen LogP contribution in [0.1, 0.15) is 33.1 Å². The highest BCUT2D eigenvalue weighted by Crippen LogP contribution is 2.29. The Kier molecular flexibility index (Phi) is 4.82. The predicted molar refractivity (Wildman–Crippen MR) is 60.6 cm³/mol. The molecule has 0 amide bonds. The molecule has 1 saturated carbocycles. The number of nitrogens with one attached hydrogen (secondary N) is 1. The molecule has 0 spiro atoms. The summed E-state index contributed by atoms with van der Waals surface area (Å²) in [5.41, 5.74) is 0.672. The van der Waals surface area contributed by atoms with Gasteiger partial charge in [-0.3, -0.25) is 0 Å². The Morgan fingerprint density at radius 1 is 1.60 bits per heavy atom. The third kappa shape index (κ3) is 3.67. The third-order valence-corrected chi connectivity index (χ3v) is 3.21. The van der Waals surface area contributed by atoms with E-state index in [2.05, 4.69) is 17.0 Å². The largest absolute Gasteiger partial charge is 0.466 e. The van der Waals surface area contributed by atoms with Crippen molar-refractivity contribution in [1.29, 1.82) is 0 Å². The van der Waals surface area contributed by atoms with Crippen LogP contribution < -0.4 is 5.32 Å². The summed E-state index contributed by atoms with van der Waals surface area (Å²) in [6.45, 7) is 4.74. The van der Waals surface area contributed by atoms with Gasteiger partial charge in [0.1, 0.15) is 0 Å². The summed E-state index contributed by atoms with van der Waals surface area (Å²) >= 11 is 0. The predicted octanol–water partition coefficient (Wildman–Crippen LogP) is 1.88. The van der Waals surface area contributed by atoms with Gasteiger partial charge >= 0.3 is 5.97 Å². The zero-order valence-electron chi connectivity index (χ0n) is 9.88. The zero-order chi connectivity index (χ0) is 11.3. The molecule has 1 atom stereocenters. The van der Waals surface area contributed by atoms with E-state index in [9.17, 15) is 4.79 Å². The molecule has 0 saturated heterocycles. The van der Waals surface area contributed by atoms with Crippen molar-refractivity contribution in [2.75, 3.05) is 13.7 Å². The molecule has 3 heteroatoms. The highest BCUT2D eigenvalue weighted by atomic mass is 16.5. The van der Waals surface area contributed by atoms with Crippen LogP contribution in [0.2, 0.25) is 0 Å². The van der Waals surface area contributed by atoms with Gasteiger partial charge < -0.3 is 10.1 Å². The van der Waals surface area contributed by atoms with Crippen molar-refractivity contribution in [2.45, 2.75) is 39.2 Å². The molecule has 0 bridgehead atoms. The van der Waals surface area contributed by atoms with Gasteiger partial charge in [0.15, 0.2) is 0 Å². The number of carbonyl (C=O) groups excluding carboxylic acids is 1. The quantitative estimate of drug-likeness (QED) is 0.557. The van der Waals surface area contributed by atoms with Gasteiger partial charge in [0.05, 0.1) is 7.11 Å². The van der Waals surface area contributed by atoms with Crippen LogP contribution in [0.15, 0.2) is 11.6 Å². The minimum absolute atomic E-state index is 0.243. The number of hydrogen-bond donors (Lipinski definition) is 1. The lowest BCUT2D eigenvalue weighted by Crippen LogP contribution is -2.37. The molecule has 0 aromatic carbocycles. The van der Waals surface area contributed by atoms with Crippen molar-refractivity contribution >= 4 is 5.97 Å². The van der Waals surface area contributed by atoms with Crippen LogP contribution in [0.5, 0.6) is 0 Å². The number of methoxy groups -OCH3 is 1. The van der Waals surface area contributed by atoms with E-state index in [4.69, 9.17) is 0 Å².